The molecule has 0 bridgehead atoms. The van der Waals surface area contributed by atoms with Crippen molar-refractivity contribution in [2.24, 2.45) is 5.73 Å². The fourth-order valence-corrected chi connectivity index (χ4v) is 1.28. The molecule has 1 aromatic rings. The van der Waals surface area contributed by atoms with Crippen molar-refractivity contribution in [2.75, 3.05) is 13.2 Å². The third-order valence-corrected chi connectivity index (χ3v) is 1.95. The largest absolute Gasteiger partial charge is 0.486 e. The number of hydrogen-bond donors (Lipinski definition) is 1. The van der Waals surface area contributed by atoms with Crippen molar-refractivity contribution in [3.8, 4) is 11.5 Å². The number of hydrogen-bond acceptors (Lipinski definition) is 3. The normalized spacial score (nSPS) is 14.3. The number of ether oxygens (including phenoxy) is 2. The Kier molecular flexibility index (Phi) is 2.06. The predicted molar refractivity (Wildman–Crippen MR) is 45.3 cm³/mol. The Bertz CT molecular complexity index is 328. The van der Waals surface area contributed by atoms with Crippen LogP contribution in [0.1, 0.15) is 5.56 Å². The van der Waals surface area contributed by atoms with Gasteiger partial charge in [-0.25, -0.2) is 4.39 Å². The molecule has 2 N–H and O–H groups in total. The van der Waals surface area contributed by atoms with Crippen molar-refractivity contribution >= 4 is 0 Å². The molecule has 0 radical (unpaired) electrons. The Hall–Kier alpha value is -1.29. The summed E-state index contributed by atoms with van der Waals surface area (Å²) < 4.78 is 23.8. The maximum atomic E-state index is 13.5. The molecule has 3 nitrogen and oxygen atoms in total. The van der Waals surface area contributed by atoms with Crippen LogP contribution in [0, 0.1) is 5.82 Å². The van der Waals surface area contributed by atoms with E-state index in [1.54, 1.807) is 12.1 Å². The first-order valence-electron chi connectivity index (χ1n) is 4.10. The van der Waals surface area contributed by atoms with Gasteiger partial charge in [0.2, 0.25) is 0 Å². The number of nitrogens with two attached hydrogens (primary N) is 1. The van der Waals surface area contributed by atoms with Crippen LogP contribution in [-0.2, 0) is 6.54 Å². The van der Waals surface area contributed by atoms with Crippen molar-refractivity contribution in [3.63, 3.8) is 0 Å². The van der Waals surface area contributed by atoms with Crippen LogP contribution in [0.3, 0.4) is 0 Å². The molecule has 70 valence electrons. The highest BCUT2D eigenvalue weighted by Crippen LogP contribution is 2.34. The molecule has 0 aliphatic carbocycles. The highest BCUT2D eigenvalue weighted by Gasteiger charge is 2.18. The molecule has 0 spiro atoms. The van der Waals surface area contributed by atoms with Gasteiger partial charge in [0.15, 0.2) is 17.3 Å². The summed E-state index contributed by atoms with van der Waals surface area (Å²) >= 11 is 0. The summed E-state index contributed by atoms with van der Waals surface area (Å²) in [6, 6.07) is 3.29. The molecular formula is C9H10FNO2. The average Bonchev–Trinajstić information content (AvgIpc) is 2.19. The van der Waals surface area contributed by atoms with Gasteiger partial charge >= 0.3 is 0 Å². The molecule has 1 aliphatic heterocycles. The van der Waals surface area contributed by atoms with E-state index in [1.165, 1.54) is 0 Å². The molecule has 2 rings (SSSR count). The molecule has 0 saturated heterocycles. The fourth-order valence-electron chi connectivity index (χ4n) is 1.28. The molecule has 0 amide bonds. The van der Waals surface area contributed by atoms with E-state index in [1.807, 2.05) is 0 Å². The van der Waals surface area contributed by atoms with Crippen molar-refractivity contribution in [1.29, 1.82) is 0 Å². The lowest BCUT2D eigenvalue weighted by molar-refractivity contribution is 0.164. The van der Waals surface area contributed by atoms with Crippen molar-refractivity contribution in [2.45, 2.75) is 6.54 Å². The number of halogens is 1. The summed E-state index contributed by atoms with van der Waals surface area (Å²) in [5.74, 6) is 0.245. The first-order valence-corrected chi connectivity index (χ1v) is 4.10. The van der Waals surface area contributed by atoms with Gasteiger partial charge in [0.25, 0.3) is 0 Å². The fraction of sp³-hybridized carbons (Fsp3) is 0.333. The van der Waals surface area contributed by atoms with Gasteiger partial charge in [-0.05, 0) is 6.07 Å². The highest BCUT2D eigenvalue weighted by molar-refractivity contribution is 5.45. The lowest BCUT2D eigenvalue weighted by atomic mass is 10.2. The third-order valence-electron chi connectivity index (χ3n) is 1.95. The third kappa shape index (κ3) is 1.33. The zero-order valence-electron chi connectivity index (χ0n) is 7.05. The molecule has 13 heavy (non-hydrogen) atoms. The van der Waals surface area contributed by atoms with Crippen molar-refractivity contribution in [1.82, 2.24) is 0 Å². The Morgan fingerprint density at radius 1 is 1.31 bits per heavy atom. The molecule has 0 aromatic heterocycles. The zero-order valence-corrected chi connectivity index (χ0v) is 7.05. The Balaban J connectivity index is 2.48. The van der Waals surface area contributed by atoms with Gasteiger partial charge in [0.05, 0.1) is 0 Å². The SMILES string of the molecule is NCc1ccc2c(c1F)OCCO2. The molecule has 4 heteroatoms. The van der Waals surface area contributed by atoms with Gasteiger partial charge < -0.3 is 15.2 Å². The first kappa shape index (κ1) is 8.31. The van der Waals surface area contributed by atoms with Crippen LogP contribution in [0.25, 0.3) is 0 Å². The number of fused-ring (bicyclic) bond motifs is 1. The quantitative estimate of drug-likeness (QED) is 0.707. The van der Waals surface area contributed by atoms with Crippen LogP contribution in [-0.4, -0.2) is 13.2 Å². The van der Waals surface area contributed by atoms with Gasteiger partial charge in [-0.1, -0.05) is 6.07 Å². The second kappa shape index (κ2) is 3.22. The highest BCUT2D eigenvalue weighted by atomic mass is 19.1. The van der Waals surface area contributed by atoms with Gasteiger partial charge in [0, 0.05) is 12.1 Å². The first-order chi connectivity index (χ1) is 6.33. The van der Waals surface area contributed by atoms with E-state index < -0.39 is 5.82 Å². The minimum Gasteiger partial charge on any atom is -0.486 e. The van der Waals surface area contributed by atoms with Crippen LogP contribution in [0.4, 0.5) is 4.39 Å². The van der Waals surface area contributed by atoms with Crippen LogP contribution in [0.5, 0.6) is 11.5 Å². The Labute approximate surface area is 75.3 Å². The lowest BCUT2D eigenvalue weighted by Crippen LogP contribution is -2.17. The maximum absolute atomic E-state index is 13.5. The summed E-state index contributed by atoms with van der Waals surface area (Å²) in [4.78, 5) is 0. The lowest BCUT2D eigenvalue weighted by Gasteiger charge is -2.19. The van der Waals surface area contributed by atoms with E-state index in [9.17, 15) is 4.39 Å². The molecule has 0 saturated carbocycles. The van der Waals surface area contributed by atoms with E-state index in [2.05, 4.69) is 0 Å². The molecule has 1 aromatic carbocycles. The van der Waals surface area contributed by atoms with Crippen molar-refractivity contribution < 1.29 is 13.9 Å². The average molecular weight is 183 g/mol. The zero-order chi connectivity index (χ0) is 9.26. The van der Waals surface area contributed by atoms with E-state index >= 15 is 0 Å². The monoisotopic (exact) mass is 183 g/mol. The Morgan fingerprint density at radius 3 is 2.85 bits per heavy atom. The smallest absolute Gasteiger partial charge is 0.197 e. The second-order valence-electron chi connectivity index (χ2n) is 2.77. The molecular weight excluding hydrogens is 173 g/mol. The minimum atomic E-state index is -0.403. The van der Waals surface area contributed by atoms with E-state index in [4.69, 9.17) is 15.2 Å². The van der Waals surface area contributed by atoms with E-state index in [0.29, 0.717) is 24.5 Å². The van der Waals surface area contributed by atoms with Gasteiger partial charge in [0.1, 0.15) is 13.2 Å². The predicted octanol–water partition coefficient (Wildman–Crippen LogP) is 1.06. The molecule has 0 atom stereocenters. The second-order valence-corrected chi connectivity index (χ2v) is 2.77. The standard InChI is InChI=1S/C9H10FNO2/c10-8-6(5-11)1-2-7-9(8)13-4-3-12-7/h1-2H,3-5,11H2. The van der Waals surface area contributed by atoms with Crippen LogP contribution < -0.4 is 15.2 Å². The number of rotatable bonds is 1. The number of benzene rings is 1. The summed E-state index contributed by atoms with van der Waals surface area (Å²) in [5.41, 5.74) is 5.80. The summed E-state index contributed by atoms with van der Waals surface area (Å²) in [6.45, 7) is 1.02. The molecule has 1 aliphatic rings. The maximum Gasteiger partial charge on any atom is 0.197 e. The topological polar surface area (TPSA) is 44.5 Å². The van der Waals surface area contributed by atoms with Crippen LogP contribution in [0.2, 0.25) is 0 Å². The van der Waals surface area contributed by atoms with Gasteiger partial charge in [-0.3, -0.25) is 0 Å². The van der Waals surface area contributed by atoms with Crippen molar-refractivity contribution in [3.05, 3.63) is 23.5 Å². The summed E-state index contributed by atoms with van der Waals surface area (Å²) in [6.07, 6.45) is 0. The molecule has 1 heterocycles. The van der Waals surface area contributed by atoms with E-state index in [0.717, 1.165) is 0 Å². The molecule has 0 fully saturated rings. The summed E-state index contributed by atoms with van der Waals surface area (Å²) in [5, 5.41) is 0. The molecule has 0 unspecified atom stereocenters. The van der Waals surface area contributed by atoms with E-state index in [-0.39, 0.29) is 12.3 Å². The van der Waals surface area contributed by atoms with Gasteiger partial charge in [-0.2, -0.15) is 0 Å². The van der Waals surface area contributed by atoms with Crippen LogP contribution in [0.15, 0.2) is 12.1 Å². The van der Waals surface area contributed by atoms with Crippen LogP contribution >= 0.6 is 0 Å². The van der Waals surface area contributed by atoms with Gasteiger partial charge in [-0.15, -0.1) is 0 Å². The Morgan fingerprint density at radius 2 is 2.08 bits per heavy atom. The summed E-state index contributed by atoms with van der Waals surface area (Å²) in [7, 11) is 0. The minimum absolute atomic E-state index is 0.169.